The molecular formula is C72H87N17O16. The highest BCUT2D eigenvalue weighted by Gasteiger charge is 2.51. The number of nitrogens with two attached hydrogens (primary N) is 5. The van der Waals surface area contributed by atoms with E-state index in [0.717, 1.165) is 18.7 Å². The van der Waals surface area contributed by atoms with Gasteiger partial charge in [-0.05, 0) is 104 Å². The predicted octanol–water partition coefficient (Wildman–Crippen LogP) is -2.24. The van der Waals surface area contributed by atoms with Crippen LogP contribution in [-0.4, -0.2) is 192 Å². The van der Waals surface area contributed by atoms with Gasteiger partial charge in [-0.25, -0.2) is 4.79 Å². The van der Waals surface area contributed by atoms with E-state index in [9.17, 15) is 48.9 Å². The van der Waals surface area contributed by atoms with Gasteiger partial charge in [0.2, 0.25) is 76.5 Å². The molecule has 556 valence electrons. The minimum absolute atomic E-state index is 0.0194. The third-order valence-corrected chi connectivity index (χ3v) is 18.0. The Labute approximate surface area is 602 Å². The number of carbonyl (C=O) groups is 13. The summed E-state index contributed by atoms with van der Waals surface area (Å²) in [5.74, 6) is -16.5. The SMILES string of the molecule is C[C@@H]1NC(=O)[C@H](CC(N)=O)NC(=O)[C@H](Cc2c[nH]c3ccccc23)NC(=O)[C@H](CCCN=C(N)N)NC(=O)[C@@H](Cc2ccccc2)NC(=O)[C@@H]2CCCN2C(=O)[C@@H](NC(=O)[C@@H](N)Cc2ccc(O)cc2)CC(=O)N([C@@H](Cc2ccc(O)cc2)C(N)=O)[C@@](C)(C(=O)O)NC(=O)[C@H](Cc2ccccc2)NC1=O. The molecule has 6 aromatic rings. The van der Waals surface area contributed by atoms with Gasteiger partial charge in [0.15, 0.2) is 5.96 Å². The third-order valence-electron chi connectivity index (χ3n) is 18.0. The Kier molecular flexibility index (Phi) is 26.8. The molecule has 0 spiro atoms. The number of primary amides is 2. The molecule has 5 aromatic carbocycles. The van der Waals surface area contributed by atoms with E-state index in [-0.39, 0.29) is 81.1 Å². The summed E-state index contributed by atoms with van der Waals surface area (Å²) in [7, 11) is 0. The number of rotatable bonds is 21. The molecule has 0 unspecified atom stereocenters. The topological polar surface area (TPSA) is 544 Å². The smallest absolute Gasteiger partial charge is 0.350 e. The Hall–Kier alpha value is -12.4. The summed E-state index contributed by atoms with van der Waals surface area (Å²) in [5, 5.41) is 52.8. The van der Waals surface area contributed by atoms with Crippen molar-refractivity contribution in [2.45, 2.75) is 151 Å². The Morgan fingerprint density at radius 3 is 1.70 bits per heavy atom. The average molecular weight is 1450 g/mol. The zero-order valence-electron chi connectivity index (χ0n) is 57.6. The number of carbonyl (C=O) groups excluding carboxylic acids is 12. The van der Waals surface area contributed by atoms with Gasteiger partial charge >= 0.3 is 5.97 Å². The lowest BCUT2D eigenvalue weighted by atomic mass is 9.97. The normalized spacial score (nSPS) is 22.7. The van der Waals surface area contributed by atoms with Crippen LogP contribution in [-0.2, 0) is 94.4 Å². The van der Waals surface area contributed by atoms with E-state index in [2.05, 4.69) is 52.5 Å². The van der Waals surface area contributed by atoms with Crippen molar-refractivity contribution in [2.75, 3.05) is 13.1 Å². The molecule has 0 radical (unpaired) electrons. The summed E-state index contributed by atoms with van der Waals surface area (Å²) in [6, 6.07) is 16.3. The maximum Gasteiger partial charge on any atom is 0.350 e. The van der Waals surface area contributed by atoms with E-state index in [1.54, 1.807) is 91.1 Å². The van der Waals surface area contributed by atoms with Gasteiger partial charge in [0.25, 0.3) is 0 Å². The molecule has 2 fully saturated rings. The molecule has 1 aromatic heterocycles. The van der Waals surface area contributed by atoms with Crippen molar-refractivity contribution < 1.29 is 77.6 Å². The van der Waals surface area contributed by atoms with E-state index in [0.29, 0.717) is 38.1 Å². The van der Waals surface area contributed by atoms with Crippen LogP contribution in [0.1, 0.15) is 80.2 Å². The van der Waals surface area contributed by atoms with E-state index in [1.165, 1.54) is 48.5 Å². The maximum atomic E-state index is 15.8. The number of aromatic amines is 1. The number of nitrogens with one attached hydrogen (secondary N) is 9. The van der Waals surface area contributed by atoms with Gasteiger partial charge in [-0.2, -0.15) is 0 Å². The molecule has 105 heavy (non-hydrogen) atoms. The number of benzene rings is 5. The molecule has 2 aliphatic rings. The van der Waals surface area contributed by atoms with Crippen molar-refractivity contribution in [3.8, 4) is 11.5 Å². The third kappa shape index (κ3) is 21.3. The quantitative estimate of drug-likeness (QED) is 0.0206. The van der Waals surface area contributed by atoms with Crippen molar-refractivity contribution >= 4 is 93.7 Å². The van der Waals surface area contributed by atoms with E-state index in [1.807, 2.05) is 0 Å². The van der Waals surface area contributed by atoms with E-state index >= 15 is 28.8 Å². The summed E-state index contributed by atoms with van der Waals surface area (Å²) in [5.41, 5.74) is 29.0. The fourth-order valence-electron chi connectivity index (χ4n) is 12.5. The van der Waals surface area contributed by atoms with Crippen molar-refractivity contribution in [1.82, 2.24) is 57.3 Å². The fraction of sp³-hybridized carbons (Fsp3) is 0.361. The molecule has 33 heteroatoms. The lowest BCUT2D eigenvalue weighted by Crippen LogP contribution is -2.72. The number of aliphatic imine (C=N–C) groups is 1. The summed E-state index contributed by atoms with van der Waals surface area (Å²) in [6.45, 7) is 1.66. The molecule has 3 heterocycles. The largest absolute Gasteiger partial charge is 0.508 e. The molecule has 11 atom stereocenters. The second-order valence-corrected chi connectivity index (χ2v) is 25.9. The van der Waals surface area contributed by atoms with E-state index < -0.39 is 169 Å². The van der Waals surface area contributed by atoms with Gasteiger partial charge in [0, 0.05) is 55.9 Å². The zero-order valence-corrected chi connectivity index (χ0v) is 57.6. The van der Waals surface area contributed by atoms with Gasteiger partial charge in [-0.15, -0.1) is 0 Å². The molecular weight excluding hydrogens is 1360 g/mol. The highest BCUT2D eigenvalue weighted by Crippen LogP contribution is 2.27. The van der Waals surface area contributed by atoms with Gasteiger partial charge < -0.3 is 96.4 Å². The Morgan fingerprint density at radius 2 is 1.12 bits per heavy atom. The molecule has 0 saturated carbocycles. The zero-order chi connectivity index (χ0) is 76.2. The van der Waals surface area contributed by atoms with Crippen LogP contribution in [0.4, 0.5) is 0 Å². The summed E-state index contributed by atoms with van der Waals surface area (Å²) in [6.07, 6.45) is -2.67. The number of para-hydroxylation sites is 1. The molecule has 12 amide bonds. The molecule has 0 aliphatic carbocycles. The molecule has 22 N–H and O–H groups in total. The van der Waals surface area contributed by atoms with Crippen LogP contribution in [0.25, 0.3) is 10.9 Å². The number of aromatic nitrogens is 1. The Balaban J connectivity index is 1.28. The first-order valence-electron chi connectivity index (χ1n) is 33.9. The highest BCUT2D eigenvalue weighted by atomic mass is 16.4. The Bertz CT molecular complexity index is 4200. The second kappa shape index (κ2) is 35.9. The lowest BCUT2D eigenvalue weighted by molar-refractivity contribution is -0.168. The number of hydrogen-bond donors (Lipinski definition) is 17. The lowest BCUT2D eigenvalue weighted by Gasteiger charge is -2.43. The minimum atomic E-state index is -3.15. The predicted molar refractivity (Wildman–Crippen MR) is 380 cm³/mol. The van der Waals surface area contributed by atoms with Gasteiger partial charge in [-0.1, -0.05) is 103 Å². The van der Waals surface area contributed by atoms with E-state index in [4.69, 9.17) is 28.7 Å². The van der Waals surface area contributed by atoms with Crippen LogP contribution in [0, 0.1) is 0 Å². The number of guanidine groups is 1. The highest BCUT2D eigenvalue weighted by molar-refractivity contribution is 6.02. The van der Waals surface area contributed by atoms with Gasteiger partial charge in [-0.3, -0.25) is 67.4 Å². The van der Waals surface area contributed by atoms with Crippen LogP contribution in [0.2, 0.25) is 0 Å². The van der Waals surface area contributed by atoms with Crippen molar-refractivity contribution in [3.63, 3.8) is 0 Å². The number of H-pyrrole nitrogens is 1. The standard InChI is InChI=1S/C72H87N17O16/c1-39-61(95)82-52(33-41-15-7-4-8-16-41)67(101)87-72(2,70(104)105)89(57(60(75)94)34-43-23-27-46(91)28-24-43)59(93)37-55(86-62(96)48(73)31-42-21-25-45(90)26-22-42)69(103)88-30-12-20-56(88)68(102)85-51(32-40-13-5-3-6-14-40)65(99)81-50(19-11-29-78-71(76)77)63(97)83-53(35-44-38-79-49-18-10-9-17-47(44)49)66(100)84-54(36-58(74)92)64(98)80-39/h3-10,13-18,21-28,38-39,48,50-57,79,90-91H,11-12,19-20,29-37,73H2,1-2H3,(H2,74,92)(H2,75,94)(H,80,98)(H,81,99)(H,82,95)(H,83,97)(H,84,100)(H,85,102)(H,86,96)(H,87,101)(H,104,105)(H4,76,77,78)/t39-,48-,50-,51+,52-,53-,54-,55-,56-,57-,72-/m0/s1. The molecule has 33 nitrogen and oxygen atoms in total. The first kappa shape index (κ1) is 78.3. The van der Waals surface area contributed by atoms with Crippen LogP contribution >= 0.6 is 0 Å². The van der Waals surface area contributed by atoms with Crippen LogP contribution in [0.15, 0.2) is 145 Å². The van der Waals surface area contributed by atoms with Gasteiger partial charge in [0.05, 0.1) is 18.9 Å². The molecule has 2 aliphatic heterocycles. The number of phenolic OH excluding ortho intramolecular Hbond substituents is 2. The summed E-state index contributed by atoms with van der Waals surface area (Å²) < 4.78 is 0. The van der Waals surface area contributed by atoms with Crippen LogP contribution < -0.4 is 71.2 Å². The van der Waals surface area contributed by atoms with Crippen LogP contribution in [0.3, 0.4) is 0 Å². The monoisotopic (exact) mass is 1450 g/mol. The second-order valence-electron chi connectivity index (χ2n) is 25.9. The number of amides is 12. The number of aliphatic carboxylic acids is 1. The Morgan fingerprint density at radius 1 is 0.610 bits per heavy atom. The number of nitrogens with zero attached hydrogens (tertiary/aromatic N) is 3. The number of carboxylic acid groups (broad SMARTS) is 1. The van der Waals surface area contributed by atoms with Gasteiger partial charge in [0.1, 0.15) is 65.9 Å². The fourth-order valence-corrected chi connectivity index (χ4v) is 12.5. The number of carboxylic acids is 1. The number of aromatic hydroxyl groups is 2. The molecule has 8 rings (SSSR count). The number of fused-ring (bicyclic) bond motifs is 2. The van der Waals surface area contributed by atoms with Crippen molar-refractivity contribution in [2.24, 2.45) is 33.7 Å². The number of hydrogen-bond acceptors (Lipinski definition) is 17. The first-order chi connectivity index (χ1) is 50.0. The molecule has 2 saturated heterocycles. The minimum Gasteiger partial charge on any atom is -0.508 e. The number of phenols is 2. The van der Waals surface area contributed by atoms with Crippen molar-refractivity contribution in [3.05, 3.63) is 167 Å². The average Bonchev–Trinajstić information content (AvgIpc) is 1.30. The summed E-state index contributed by atoms with van der Waals surface area (Å²) in [4.78, 5) is 200. The van der Waals surface area contributed by atoms with Crippen molar-refractivity contribution in [1.29, 1.82) is 0 Å². The first-order valence-corrected chi connectivity index (χ1v) is 33.9. The summed E-state index contributed by atoms with van der Waals surface area (Å²) >= 11 is 0. The molecule has 0 bridgehead atoms. The maximum absolute atomic E-state index is 15.8. The van der Waals surface area contributed by atoms with Crippen LogP contribution in [0.5, 0.6) is 11.5 Å².